The number of ether oxygens (including phenoxy) is 2. The van der Waals surface area contributed by atoms with Crippen LogP contribution in [0.3, 0.4) is 0 Å². The fraction of sp³-hybridized carbons (Fsp3) is 0.500. The monoisotopic (exact) mass is 409 g/mol. The van der Waals surface area contributed by atoms with Crippen molar-refractivity contribution in [3.63, 3.8) is 0 Å². The van der Waals surface area contributed by atoms with E-state index in [1.807, 2.05) is 4.90 Å². The third-order valence-electron chi connectivity index (χ3n) is 4.71. The molecule has 1 N–H and O–H groups in total. The Morgan fingerprint density at radius 3 is 2.68 bits per heavy atom. The van der Waals surface area contributed by atoms with E-state index < -0.39 is 16.0 Å². The molecule has 0 spiro atoms. The van der Waals surface area contributed by atoms with Crippen LogP contribution in [0.1, 0.15) is 18.4 Å². The number of nitrogens with one attached hydrogen (secondary N) is 1. The van der Waals surface area contributed by atoms with Gasteiger partial charge in [-0.05, 0) is 25.0 Å². The Morgan fingerprint density at radius 2 is 1.96 bits per heavy atom. The number of hydrogen-bond acceptors (Lipinski definition) is 7. The summed E-state index contributed by atoms with van der Waals surface area (Å²) < 4.78 is 38.2. The molecule has 0 aliphatic carbocycles. The number of amidine groups is 1. The number of esters is 1. The smallest absolute Gasteiger partial charge is 0.309 e. The number of piperidine rings is 1. The van der Waals surface area contributed by atoms with Crippen LogP contribution in [0.5, 0.6) is 0 Å². The summed E-state index contributed by atoms with van der Waals surface area (Å²) in [5.74, 6) is -0.676. The van der Waals surface area contributed by atoms with E-state index in [0.29, 0.717) is 50.5 Å². The second kappa shape index (κ2) is 8.70. The SMILES string of the molecule is COCCNC(=O)COC(=O)C1CCN(C2=NS(=O)(=O)c3ccccc32)CC1. The van der Waals surface area contributed by atoms with Gasteiger partial charge >= 0.3 is 5.97 Å². The quantitative estimate of drug-likeness (QED) is 0.525. The Morgan fingerprint density at radius 1 is 1.25 bits per heavy atom. The van der Waals surface area contributed by atoms with Gasteiger partial charge in [-0.2, -0.15) is 8.42 Å². The molecular weight excluding hydrogens is 386 g/mol. The van der Waals surface area contributed by atoms with Crippen LogP contribution in [0.15, 0.2) is 33.6 Å². The lowest BCUT2D eigenvalue weighted by Crippen LogP contribution is -2.41. The van der Waals surface area contributed by atoms with Crippen molar-refractivity contribution in [1.82, 2.24) is 10.2 Å². The molecule has 0 bridgehead atoms. The van der Waals surface area contributed by atoms with Gasteiger partial charge in [0.25, 0.3) is 15.9 Å². The van der Waals surface area contributed by atoms with E-state index in [9.17, 15) is 18.0 Å². The van der Waals surface area contributed by atoms with Crippen molar-refractivity contribution in [3.8, 4) is 0 Å². The Bertz CT molecular complexity index is 875. The predicted molar refractivity (Wildman–Crippen MR) is 100 cm³/mol. The Kier molecular flexibility index (Phi) is 6.30. The Hall–Kier alpha value is -2.46. The van der Waals surface area contributed by atoms with E-state index in [1.54, 1.807) is 24.3 Å². The minimum Gasteiger partial charge on any atom is -0.455 e. The highest BCUT2D eigenvalue weighted by Crippen LogP contribution is 2.29. The summed E-state index contributed by atoms with van der Waals surface area (Å²) in [5.41, 5.74) is 0.594. The first kappa shape index (κ1) is 20.3. The van der Waals surface area contributed by atoms with Crippen LogP contribution >= 0.6 is 0 Å². The van der Waals surface area contributed by atoms with Gasteiger partial charge in [0.05, 0.1) is 12.5 Å². The number of carbonyl (C=O) groups excluding carboxylic acids is 2. The predicted octanol–water partition coefficient (Wildman–Crippen LogP) is 0.153. The van der Waals surface area contributed by atoms with Crippen molar-refractivity contribution in [2.45, 2.75) is 17.7 Å². The number of likely N-dealkylation sites (tertiary alicyclic amines) is 1. The van der Waals surface area contributed by atoms with E-state index in [2.05, 4.69) is 9.71 Å². The van der Waals surface area contributed by atoms with E-state index in [1.165, 1.54) is 7.11 Å². The van der Waals surface area contributed by atoms with Crippen LogP contribution in [0, 0.1) is 5.92 Å². The van der Waals surface area contributed by atoms with Gasteiger partial charge in [-0.15, -0.1) is 4.40 Å². The molecule has 2 heterocycles. The molecule has 0 unspecified atom stereocenters. The Labute approximate surface area is 163 Å². The van der Waals surface area contributed by atoms with Crippen molar-refractivity contribution >= 4 is 27.7 Å². The molecule has 1 aromatic rings. The van der Waals surface area contributed by atoms with Gasteiger partial charge < -0.3 is 19.7 Å². The molecule has 0 radical (unpaired) electrons. The average molecular weight is 409 g/mol. The standard InChI is InChI=1S/C18H23N3O6S/c1-26-11-8-19-16(22)12-27-18(23)13-6-9-21(10-7-13)17-14-4-2-3-5-15(14)28(24,25)20-17/h2-5,13H,6-12H2,1H3,(H,19,22). The zero-order chi connectivity index (χ0) is 20.1. The first-order valence-corrected chi connectivity index (χ1v) is 10.5. The van der Waals surface area contributed by atoms with Crippen LogP contribution in [0.4, 0.5) is 0 Å². The molecule has 152 valence electrons. The minimum atomic E-state index is -3.66. The number of rotatable bonds is 6. The van der Waals surface area contributed by atoms with Gasteiger partial charge in [-0.1, -0.05) is 12.1 Å². The number of hydrogen-bond donors (Lipinski definition) is 1. The van der Waals surface area contributed by atoms with Gasteiger partial charge in [0.2, 0.25) is 0 Å². The molecule has 3 rings (SSSR count). The number of sulfonamides is 1. The third kappa shape index (κ3) is 4.50. The van der Waals surface area contributed by atoms with Gasteiger partial charge in [-0.25, -0.2) is 0 Å². The number of benzene rings is 1. The molecule has 28 heavy (non-hydrogen) atoms. The summed E-state index contributed by atoms with van der Waals surface area (Å²) in [6.45, 7) is 1.41. The second-order valence-corrected chi connectivity index (χ2v) is 8.17. The number of fused-ring (bicyclic) bond motifs is 1. The lowest BCUT2D eigenvalue weighted by Gasteiger charge is -2.32. The average Bonchev–Trinajstić information content (AvgIpc) is 2.98. The van der Waals surface area contributed by atoms with Crippen LogP contribution < -0.4 is 5.32 Å². The van der Waals surface area contributed by atoms with Crippen LogP contribution in [0.2, 0.25) is 0 Å². The fourth-order valence-corrected chi connectivity index (χ4v) is 4.47. The molecule has 1 aromatic carbocycles. The summed E-state index contributed by atoms with van der Waals surface area (Å²) in [5, 5.41) is 2.58. The van der Waals surface area contributed by atoms with Crippen LogP contribution in [0.25, 0.3) is 0 Å². The molecule has 1 fully saturated rings. The normalized spacial score (nSPS) is 18.3. The topological polar surface area (TPSA) is 114 Å². The maximum atomic E-state index is 12.2. The molecule has 0 atom stereocenters. The van der Waals surface area contributed by atoms with E-state index in [4.69, 9.17) is 9.47 Å². The van der Waals surface area contributed by atoms with Crippen molar-refractivity contribution in [2.75, 3.05) is 40.0 Å². The number of amides is 1. The first-order valence-electron chi connectivity index (χ1n) is 9.04. The molecule has 1 amide bonds. The number of carbonyl (C=O) groups is 2. The van der Waals surface area contributed by atoms with Gasteiger partial charge in [0.1, 0.15) is 4.90 Å². The molecule has 9 nitrogen and oxygen atoms in total. The van der Waals surface area contributed by atoms with Crippen molar-refractivity contribution in [2.24, 2.45) is 10.3 Å². The van der Waals surface area contributed by atoms with Gasteiger partial charge in [0.15, 0.2) is 12.4 Å². The maximum absolute atomic E-state index is 12.2. The minimum absolute atomic E-state index is 0.214. The zero-order valence-electron chi connectivity index (χ0n) is 15.6. The highest BCUT2D eigenvalue weighted by Gasteiger charge is 2.34. The summed E-state index contributed by atoms with van der Waals surface area (Å²) in [6, 6.07) is 6.73. The molecule has 1 saturated heterocycles. The highest BCUT2D eigenvalue weighted by atomic mass is 32.2. The number of methoxy groups -OCH3 is 1. The molecule has 2 aliphatic rings. The summed E-state index contributed by atoms with van der Waals surface area (Å²) in [4.78, 5) is 25.9. The van der Waals surface area contributed by atoms with E-state index in [-0.39, 0.29) is 23.3 Å². The summed E-state index contributed by atoms with van der Waals surface area (Å²) >= 11 is 0. The van der Waals surface area contributed by atoms with Gasteiger partial charge in [0, 0.05) is 32.3 Å². The zero-order valence-corrected chi connectivity index (χ0v) is 16.4. The molecule has 10 heteroatoms. The van der Waals surface area contributed by atoms with Crippen molar-refractivity contribution in [3.05, 3.63) is 29.8 Å². The molecule has 2 aliphatic heterocycles. The lowest BCUT2D eigenvalue weighted by atomic mass is 9.96. The van der Waals surface area contributed by atoms with E-state index in [0.717, 1.165) is 0 Å². The van der Waals surface area contributed by atoms with Crippen LogP contribution in [-0.2, 0) is 29.1 Å². The van der Waals surface area contributed by atoms with Gasteiger partial charge in [-0.3, -0.25) is 9.59 Å². The van der Waals surface area contributed by atoms with Crippen molar-refractivity contribution < 1.29 is 27.5 Å². The number of nitrogens with zero attached hydrogens (tertiary/aromatic N) is 2. The summed E-state index contributed by atoms with van der Waals surface area (Å²) in [7, 11) is -2.13. The largest absolute Gasteiger partial charge is 0.455 e. The maximum Gasteiger partial charge on any atom is 0.309 e. The Balaban J connectivity index is 1.51. The van der Waals surface area contributed by atoms with Crippen LogP contribution in [-0.4, -0.2) is 71.0 Å². The molecular formula is C18H23N3O6S. The van der Waals surface area contributed by atoms with Crippen molar-refractivity contribution in [1.29, 1.82) is 0 Å². The highest BCUT2D eigenvalue weighted by molar-refractivity contribution is 7.90. The second-order valence-electron chi connectivity index (χ2n) is 6.60. The first-order chi connectivity index (χ1) is 13.4. The molecule has 0 aromatic heterocycles. The van der Waals surface area contributed by atoms with E-state index >= 15 is 0 Å². The lowest BCUT2D eigenvalue weighted by molar-refractivity contribution is -0.153. The fourth-order valence-electron chi connectivity index (χ4n) is 3.24. The third-order valence-corrected chi connectivity index (χ3v) is 6.04. The molecule has 0 saturated carbocycles. The summed E-state index contributed by atoms with van der Waals surface area (Å²) in [6.07, 6.45) is 1.01.